The van der Waals surface area contributed by atoms with E-state index >= 15 is 0 Å². The largest absolute Gasteiger partial charge is 0.310 e. The number of hydrogen-bond acceptors (Lipinski definition) is 2. The minimum atomic E-state index is 0.568. The summed E-state index contributed by atoms with van der Waals surface area (Å²) in [7, 11) is 0. The lowest BCUT2D eigenvalue weighted by atomic mass is 10.0. The zero-order chi connectivity index (χ0) is 11.5. The summed E-state index contributed by atoms with van der Waals surface area (Å²) in [6, 6.07) is 7.41. The molecule has 1 aromatic rings. The Morgan fingerprint density at radius 3 is 3.00 bits per heavy atom. The SMILES string of the molecule is Cc1ccc2c(c1)C(NCC(C)C)CCS2. The molecule has 0 spiro atoms. The number of thioether (sulfide) groups is 1. The standard InChI is InChI=1S/C14H21NS/c1-10(2)9-15-13-6-7-16-14-5-4-11(3)8-12(13)14/h4-5,8,10,13,15H,6-7,9H2,1-3H3. The third-order valence-electron chi connectivity index (χ3n) is 2.98. The normalized spacial score (nSPS) is 19.9. The van der Waals surface area contributed by atoms with Crippen LogP contribution < -0.4 is 5.32 Å². The van der Waals surface area contributed by atoms with Gasteiger partial charge in [-0.05, 0) is 43.2 Å². The fourth-order valence-electron chi connectivity index (χ4n) is 2.10. The van der Waals surface area contributed by atoms with Gasteiger partial charge in [0, 0.05) is 10.9 Å². The first-order chi connectivity index (χ1) is 7.66. The van der Waals surface area contributed by atoms with Crippen molar-refractivity contribution in [3.63, 3.8) is 0 Å². The van der Waals surface area contributed by atoms with Crippen molar-refractivity contribution in [2.75, 3.05) is 12.3 Å². The highest BCUT2D eigenvalue weighted by Crippen LogP contribution is 2.36. The minimum absolute atomic E-state index is 0.568. The Hall–Kier alpha value is -0.470. The highest BCUT2D eigenvalue weighted by atomic mass is 32.2. The number of nitrogens with one attached hydrogen (secondary N) is 1. The van der Waals surface area contributed by atoms with Crippen LogP contribution >= 0.6 is 11.8 Å². The molecule has 1 atom stereocenters. The first kappa shape index (κ1) is 12.0. The molecule has 0 saturated carbocycles. The van der Waals surface area contributed by atoms with Crippen molar-refractivity contribution in [1.82, 2.24) is 5.32 Å². The number of fused-ring (bicyclic) bond motifs is 1. The summed E-state index contributed by atoms with van der Waals surface area (Å²) in [5.74, 6) is 1.97. The number of rotatable bonds is 3. The van der Waals surface area contributed by atoms with Gasteiger partial charge in [0.2, 0.25) is 0 Å². The second-order valence-corrected chi connectivity index (χ2v) is 6.17. The lowest BCUT2D eigenvalue weighted by Crippen LogP contribution is -2.27. The van der Waals surface area contributed by atoms with Gasteiger partial charge in [0.1, 0.15) is 0 Å². The third-order valence-corrected chi connectivity index (χ3v) is 4.10. The topological polar surface area (TPSA) is 12.0 Å². The molecule has 1 heterocycles. The molecule has 0 saturated heterocycles. The summed E-state index contributed by atoms with van der Waals surface area (Å²) in [4.78, 5) is 1.47. The summed E-state index contributed by atoms with van der Waals surface area (Å²) >= 11 is 2.00. The van der Waals surface area contributed by atoms with Crippen molar-refractivity contribution in [2.45, 2.75) is 38.1 Å². The summed E-state index contributed by atoms with van der Waals surface area (Å²) in [6.45, 7) is 7.82. The van der Waals surface area contributed by atoms with Crippen molar-refractivity contribution >= 4 is 11.8 Å². The smallest absolute Gasteiger partial charge is 0.0339 e. The van der Waals surface area contributed by atoms with E-state index in [9.17, 15) is 0 Å². The van der Waals surface area contributed by atoms with Gasteiger partial charge < -0.3 is 5.32 Å². The van der Waals surface area contributed by atoms with Crippen LogP contribution in [0, 0.1) is 12.8 Å². The predicted octanol–water partition coefficient (Wildman–Crippen LogP) is 3.78. The van der Waals surface area contributed by atoms with Crippen molar-refractivity contribution in [3.05, 3.63) is 29.3 Å². The molecule has 0 aliphatic carbocycles. The molecule has 1 nitrogen and oxygen atoms in total. The van der Waals surface area contributed by atoms with Gasteiger partial charge in [0.05, 0.1) is 0 Å². The van der Waals surface area contributed by atoms with Crippen LogP contribution in [0.25, 0.3) is 0 Å². The number of aryl methyl sites for hydroxylation is 1. The van der Waals surface area contributed by atoms with Crippen molar-refractivity contribution in [2.24, 2.45) is 5.92 Å². The van der Waals surface area contributed by atoms with Gasteiger partial charge in [0.25, 0.3) is 0 Å². The van der Waals surface area contributed by atoms with E-state index in [2.05, 4.69) is 44.3 Å². The van der Waals surface area contributed by atoms with Gasteiger partial charge >= 0.3 is 0 Å². The molecule has 88 valence electrons. The molecule has 1 aromatic carbocycles. The first-order valence-electron chi connectivity index (χ1n) is 6.13. The molecule has 0 amide bonds. The molecule has 2 rings (SSSR count). The van der Waals surface area contributed by atoms with Crippen LogP contribution in [0.3, 0.4) is 0 Å². The molecular weight excluding hydrogens is 214 g/mol. The summed E-state index contributed by atoms with van der Waals surface area (Å²) in [5, 5.41) is 3.69. The molecule has 0 aromatic heterocycles. The van der Waals surface area contributed by atoms with Gasteiger partial charge in [-0.1, -0.05) is 31.5 Å². The molecule has 0 bridgehead atoms. The van der Waals surface area contributed by atoms with E-state index in [0.717, 1.165) is 12.5 Å². The Bertz CT molecular complexity index is 360. The maximum absolute atomic E-state index is 3.69. The van der Waals surface area contributed by atoms with Crippen molar-refractivity contribution in [1.29, 1.82) is 0 Å². The Kier molecular flexibility index (Phi) is 3.93. The quantitative estimate of drug-likeness (QED) is 0.855. The molecule has 0 radical (unpaired) electrons. The Morgan fingerprint density at radius 2 is 2.25 bits per heavy atom. The first-order valence-corrected chi connectivity index (χ1v) is 7.12. The van der Waals surface area contributed by atoms with Crippen LogP contribution in [-0.4, -0.2) is 12.3 Å². The Balaban J connectivity index is 2.15. The van der Waals surface area contributed by atoms with Gasteiger partial charge in [-0.25, -0.2) is 0 Å². The molecule has 1 aliphatic heterocycles. The van der Waals surface area contributed by atoms with Crippen molar-refractivity contribution < 1.29 is 0 Å². The molecule has 16 heavy (non-hydrogen) atoms. The summed E-state index contributed by atoms with van der Waals surface area (Å²) < 4.78 is 0. The van der Waals surface area contributed by atoms with E-state index in [1.807, 2.05) is 11.8 Å². The average Bonchev–Trinajstić information content (AvgIpc) is 2.26. The lowest BCUT2D eigenvalue weighted by molar-refractivity contribution is 0.459. The zero-order valence-electron chi connectivity index (χ0n) is 10.4. The van der Waals surface area contributed by atoms with Gasteiger partial charge in [-0.3, -0.25) is 0 Å². The predicted molar refractivity (Wildman–Crippen MR) is 72.1 cm³/mol. The average molecular weight is 235 g/mol. The van der Waals surface area contributed by atoms with Crippen LogP contribution in [0.4, 0.5) is 0 Å². The Morgan fingerprint density at radius 1 is 1.44 bits per heavy atom. The minimum Gasteiger partial charge on any atom is -0.310 e. The molecule has 1 aliphatic rings. The van der Waals surface area contributed by atoms with Gasteiger partial charge in [0.15, 0.2) is 0 Å². The second-order valence-electron chi connectivity index (χ2n) is 5.03. The van der Waals surface area contributed by atoms with E-state index < -0.39 is 0 Å². The lowest BCUT2D eigenvalue weighted by Gasteiger charge is -2.27. The van der Waals surface area contributed by atoms with Crippen LogP contribution in [-0.2, 0) is 0 Å². The third kappa shape index (κ3) is 2.80. The van der Waals surface area contributed by atoms with E-state index in [-0.39, 0.29) is 0 Å². The maximum Gasteiger partial charge on any atom is 0.0339 e. The number of hydrogen-bond donors (Lipinski definition) is 1. The molecular formula is C14H21NS. The van der Waals surface area contributed by atoms with Crippen LogP contribution in [0.5, 0.6) is 0 Å². The fraction of sp³-hybridized carbons (Fsp3) is 0.571. The second kappa shape index (κ2) is 5.24. The highest BCUT2D eigenvalue weighted by Gasteiger charge is 2.20. The van der Waals surface area contributed by atoms with Gasteiger partial charge in [-0.15, -0.1) is 11.8 Å². The molecule has 0 fully saturated rings. The highest BCUT2D eigenvalue weighted by molar-refractivity contribution is 7.99. The molecule has 2 heteroatoms. The fourth-order valence-corrected chi connectivity index (χ4v) is 3.21. The number of benzene rings is 1. The van der Waals surface area contributed by atoms with Crippen LogP contribution in [0.15, 0.2) is 23.1 Å². The summed E-state index contributed by atoms with van der Waals surface area (Å²) in [6.07, 6.45) is 1.26. The monoisotopic (exact) mass is 235 g/mol. The van der Waals surface area contributed by atoms with E-state index in [0.29, 0.717) is 6.04 Å². The molecule has 1 unspecified atom stereocenters. The van der Waals surface area contributed by atoms with Crippen LogP contribution in [0.1, 0.15) is 37.4 Å². The summed E-state index contributed by atoms with van der Waals surface area (Å²) in [5.41, 5.74) is 2.88. The van der Waals surface area contributed by atoms with Crippen LogP contribution in [0.2, 0.25) is 0 Å². The zero-order valence-corrected chi connectivity index (χ0v) is 11.2. The van der Waals surface area contributed by atoms with Crippen molar-refractivity contribution in [3.8, 4) is 0 Å². The maximum atomic E-state index is 3.69. The molecule has 1 N–H and O–H groups in total. The van der Waals surface area contributed by atoms with E-state index in [4.69, 9.17) is 0 Å². The van der Waals surface area contributed by atoms with E-state index in [1.54, 1.807) is 0 Å². The van der Waals surface area contributed by atoms with Gasteiger partial charge in [-0.2, -0.15) is 0 Å². The Labute approximate surface area is 103 Å². The van der Waals surface area contributed by atoms with E-state index in [1.165, 1.54) is 28.2 Å².